The van der Waals surface area contributed by atoms with Crippen molar-refractivity contribution in [3.05, 3.63) is 34.9 Å². The molecule has 7 heteroatoms. The molecular weight excluding hydrogens is 272 g/mol. The number of halogens is 2. The quantitative estimate of drug-likeness (QED) is 0.855. The van der Waals surface area contributed by atoms with E-state index in [1.807, 2.05) is 0 Å². The van der Waals surface area contributed by atoms with Crippen molar-refractivity contribution in [3.63, 3.8) is 0 Å². The van der Waals surface area contributed by atoms with Crippen LogP contribution in [0, 0.1) is 11.6 Å². The predicted molar refractivity (Wildman–Crippen MR) is 63.2 cm³/mol. The highest BCUT2D eigenvalue weighted by Crippen LogP contribution is 2.28. The summed E-state index contributed by atoms with van der Waals surface area (Å²) in [5.74, 6) is -5.20. The van der Waals surface area contributed by atoms with E-state index in [4.69, 9.17) is 5.11 Å². The maximum absolute atomic E-state index is 13.1. The molecule has 1 aliphatic heterocycles. The molecule has 5 nitrogen and oxygen atoms in total. The van der Waals surface area contributed by atoms with Gasteiger partial charge in [-0.3, -0.25) is 19.3 Å². The molecule has 1 atom stereocenters. The standard InChI is InChI=1S/C13H11F2NO4/c1-2-6(3-11(17)18)16-12(19)7-4-9(14)10(15)5-8(7)13(16)20/h4-6H,2-3H2,1H3,(H,17,18). The van der Waals surface area contributed by atoms with Gasteiger partial charge in [-0.2, -0.15) is 0 Å². The van der Waals surface area contributed by atoms with Crippen molar-refractivity contribution in [1.29, 1.82) is 0 Å². The van der Waals surface area contributed by atoms with Crippen LogP contribution in [0.5, 0.6) is 0 Å². The molecule has 20 heavy (non-hydrogen) atoms. The van der Waals surface area contributed by atoms with Gasteiger partial charge in [0.05, 0.1) is 23.6 Å². The Morgan fingerprint density at radius 3 is 2.00 bits per heavy atom. The molecule has 0 radical (unpaired) electrons. The molecule has 0 spiro atoms. The van der Waals surface area contributed by atoms with Crippen LogP contribution in [0.25, 0.3) is 0 Å². The summed E-state index contributed by atoms with van der Waals surface area (Å²) < 4.78 is 26.3. The summed E-state index contributed by atoms with van der Waals surface area (Å²) in [5, 5.41) is 8.78. The Hall–Kier alpha value is -2.31. The molecule has 0 bridgehead atoms. The molecule has 1 unspecified atom stereocenters. The van der Waals surface area contributed by atoms with Crippen LogP contribution in [-0.2, 0) is 4.79 Å². The Morgan fingerprint density at radius 2 is 1.65 bits per heavy atom. The minimum Gasteiger partial charge on any atom is -0.481 e. The fourth-order valence-corrected chi connectivity index (χ4v) is 2.20. The number of aliphatic carboxylic acids is 1. The summed E-state index contributed by atoms with van der Waals surface area (Å²) >= 11 is 0. The van der Waals surface area contributed by atoms with Crippen LogP contribution in [0.3, 0.4) is 0 Å². The zero-order valence-electron chi connectivity index (χ0n) is 10.5. The molecule has 1 N–H and O–H groups in total. The highest BCUT2D eigenvalue weighted by atomic mass is 19.2. The maximum atomic E-state index is 13.1. The van der Waals surface area contributed by atoms with Crippen molar-refractivity contribution in [2.75, 3.05) is 0 Å². The van der Waals surface area contributed by atoms with Gasteiger partial charge in [-0.05, 0) is 18.6 Å². The second kappa shape index (κ2) is 4.99. The van der Waals surface area contributed by atoms with Gasteiger partial charge in [0.1, 0.15) is 0 Å². The summed E-state index contributed by atoms with van der Waals surface area (Å²) in [5.41, 5.74) is -0.476. The van der Waals surface area contributed by atoms with Gasteiger partial charge in [-0.15, -0.1) is 0 Å². The molecule has 0 saturated carbocycles. The normalized spacial score (nSPS) is 15.4. The number of nitrogens with zero attached hydrogens (tertiary/aromatic N) is 1. The highest BCUT2D eigenvalue weighted by Gasteiger charge is 2.40. The van der Waals surface area contributed by atoms with Crippen LogP contribution >= 0.6 is 0 Å². The van der Waals surface area contributed by atoms with E-state index >= 15 is 0 Å². The lowest BCUT2D eigenvalue weighted by Gasteiger charge is -2.23. The lowest BCUT2D eigenvalue weighted by molar-refractivity contribution is -0.138. The Kier molecular flexibility index (Phi) is 3.52. The fourth-order valence-electron chi connectivity index (χ4n) is 2.20. The van der Waals surface area contributed by atoms with E-state index in [1.54, 1.807) is 6.92 Å². The molecule has 0 aliphatic carbocycles. The van der Waals surface area contributed by atoms with Crippen molar-refractivity contribution >= 4 is 17.8 Å². The van der Waals surface area contributed by atoms with Crippen molar-refractivity contribution in [2.24, 2.45) is 0 Å². The third-order valence-electron chi connectivity index (χ3n) is 3.21. The molecule has 1 aliphatic rings. The Balaban J connectivity index is 2.43. The summed E-state index contributed by atoms with van der Waals surface area (Å²) in [6.45, 7) is 1.62. The van der Waals surface area contributed by atoms with Crippen LogP contribution in [0.2, 0.25) is 0 Å². The average molecular weight is 283 g/mol. The number of carboxylic acid groups (broad SMARTS) is 1. The summed E-state index contributed by atoms with van der Waals surface area (Å²) in [4.78, 5) is 35.7. The van der Waals surface area contributed by atoms with Gasteiger partial charge in [0, 0.05) is 0 Å². The van der Waals surface area contributed by atoms with Crippen LogP contribution in [0.15, 0.2) is 12.1 Å². The number of benzene rings is 1. The predicted octanol–water partition coefficient (Wildman–Crippen LogP) is 1.81. The van der Waals surface area contributed by atoms with E-state index in [9.17, 15) is 23.2 Å². The first-order chi connectivity index (χ1) is 9.36. The fraction of sp³-hybridized carbons (Fsp3) is 0.308. The van der Waals surface area contributed by atoms with Crippen molar-refractivity contribution in [2.45, 2.75) is 25.8 Å². The topological polar surface area (TPSA) is 74.7 Å². The molecule has 106 valence electrons. The smallest absolute Gasteiger partial charge is 0.305 e. The molecule has 2 rings (SSSR count). The van der Waals surface area contributed by atoms with E-state index in [-0.39, 0.29) is 17.5 Å². The van der Waals surface area contributed by atoms with Crippen molar-refractivity contribution < 1.29 is 28.3 Å². The van der Waals surface area contributed by atoms with E-state index < -0.39 is 41.9 Å². The Labute approximate surface area is 112 Å². The SMILES string of the molecule is CCC(CC(=O)O)N1C(=O)c2cc(F)c(F)cc2C1=O. The average Bonchev–Trinajstić information content (AvgIpc) is 2.60. The number of fused-ring (bicyclic) bond motifs is 1. The molecule has 0 aromatic heterocycles. The molecule has 1 aromatic carbocycles. The van der Waals surface area contributed by atoms with Gasteiger partial charge >= 0.3 is 5.97 Å². The summed E-state index contributed by atoms with van der Waals surface area (Å²) in [7, 11) is 0. The van der Waals surface area contributed by atoms with Crippen molar-refractivity contribution in [3.8, 4) is 0 Å². The van der Waals surface area contributed by atoms with Gasteiger partial charge in [0.25, 0.3) is 11.8 Å². The van der Waals surface area contributed by atoms with Crippen LogP contribution in [0.4, 0.5) is 8.78 Å². The monoisotopic (exact) mass is 283 g/mol. The zero-order chi connectivity index (χ0) is 15.0. The molecule has 0 fully saturated rings. The van der Waals surface area contributed by atoms with Gasteiger partial charge in [-0.1, -0.05) is 6.92 Å². The molecule has 1 aromatic rings. The first-order valence-electron chi connectivity index (χ1n) is 5.95. The molecule has 0 saturated heterocycles. The summed E-state index contributed by atoms with van der Waals surface area (Å²) in [6.07, 6.45) is -0.171. The van der Waals surface area contributed by atoms with Gasteiger partial charge in [0.15, 0.2) is 11.6 Å². The minimum absolute atomic E-state index is 0.238. The molecular formula is C13H11F2NO4. The number of rotatable bonds is 4. The first-order valence-corrected chi connectivity index (χ1v) is 5.95. The number of imide groups is 1. The second-order valence-electron chi connectivity index (χ2n) is 4.45. The maximum Gasteiger partial charge on any atom is 0.305 e. The van der Waals surface area contributed by atoms with Gasteiger partial charge in [-0.25, -0.2) is 8.78 Å². The largest absolute Gasteiger partial charge is 0.481 e. The van der Waals surface area contributed by atoms with Crippen LogP contribution in [-0.4, -0.2) is 33.8 Å². The third kappa shape index (κ3) is 2.15. The molecule has 2 amide bonds. The number of carbonyl (C=O) groups excluding carboxylic acids is 2. The van der Waals surface area contributed by atoms with Crippen molar-refractivity contribution in [1.82, 2.24) is 4.90 Å². The lowest BCUT2D eigenvalue weighted by Crippen LogP contribution is -2.40. The number of hydrogen-bond acceptors (Lipinski definition) is 3. The van der Waals surface area contributed by atoms with Gasteiger partial charge in [0.2, 0.25) is 0 Å². The van der Waals surface area contributed by atoms with E-state index in [0.717, 1.165) is 4.90 Å². The number of hydrogen-bond donors (Lipinski definition) is 1. The zero-order valence-corrected chi connectivity index (χ0v) is 10.5. The number of carbonyl (C=O) groups is 3. The number of amides is 2. The second-order valence-corrected chi connectivity index (χ2v) is 4.45. The first kappa shape index (κ1) is 14.1. The number of carboxylic acids is 1. The third-order valence-corrected chi connectivity index (χ3v) is 3.21. The van der Waals surface area contributed by atoms with E-state index in [2.05, 4.69) is 0 Å². The highest BCUT2D eigenvalue weighted by molar-refractivity contribution is 6.21. The van der Waals surface area contributed by atoms with Gasteiger partial charge < -0.3 is 5.11 Å². The Morgan fingerprint density at radius 1 is 1.20 bits per heavy atom. The molecule has 1 heterocycles. The van der Waals surface area contributed by atoms with Crippen LogP contribution < -0.4 is 0 Å². The minimum atomic E-state index is -1.22. The Bertz CT molecular complexity index is 574. The van der Waals surface area contributed by atoms with Crippen LogP contribution in [0.1, 0.15) is 40.5 Å². The summed E-state index contributed by atoms with van der Waals surface area (Å²) in [6, 6.07) is 0.488. The van der Waals surface area contributed by atoms with E-state index in [1.165, 1.54) is 0 Å². The van der Waals surface area contributed by atoms with E-state index in [0.29, 0.717) is 12.1 Å². The lowest BCUT2D eigenvalue weighted by atomic mass is 10.1.